The van der Waals surface area contributed by atoms with E-state index in [0.717, 1.165) is 12.8 Å². The number of carbonyl (C=O) groups excluding carboxylic acids is 1. The van der Waals surface area contributed by atoms with Gasteiger partial charge in [-0.1, -0.05) is 37.1 Å². The van der Waals surface area contributed by atoms with Crippen LogP contribution in [0.25, 0.3) is 0 Å². The third-order valence-corrected chi connectivity index (χ3v) is 2.89. The lowest BCUT2D eigenvalue weighted by atomic mass is 10.0. The normalized spacial score (nSPS) is 11.7. The molecule has 5 nitrogen and oxygen atoms in total. The molecule has 0 aliphatic heterocycles. The molecule has 1 amide bonds. The van der Waals surface area contributed by atoms with Crippen molar-refractivity contribution in [1.29, 1.82) is 0 Å². The Bertz CT molecular complexity index is 464. The van der Waals surface area contributed by atoms with Crippen molar-refractivity contribution in [1.82, 2.24) is 5.32 Å². The number of hydrogen-bond acceptors (Lipinski definition) is 3. The van der Waals surface area contributed by atoms with Crippen molar-refractivity contribution in [2.24, 2.45) is 0 Å². The molecule has 0 fully saturated rings. The van der Waals surface area contributed by atoms with Gasteiger partial charge < -0.3 is 15.2 Å². The zero-order valence-corrected chi connectivity index (χ0v) is 12.0. The summed E-state index contributed by atoms with van der Waals surface area (Å²) in [6.07, 6.45) is 0.835. The van der Waals surface area contributed by atoms with Gasteiger partial charge in [-0.2, -0.15) is 0 Å². The van der Waals surface area contributed by atoms with Gasteiger partial charge >= 0.3 is 12.1 Å². The number of carbonyl (C=O) groups is 2. The van der Waals surface area contributed by atoms with Gasteiger partial charge in [0.1, 0.15) is 0 Å². The van der Waals surface area contributed by atoms with E-state index in [-0.39, 0.29) is 6.42 Å². The number of carboxylic acid groups (broad SMARTS) is 1. The average molecular weight is 300 g/mol. The summed E-state index contributed by atoms with van der Waals surface area (Å²) in [5.41, 5.74) is 0.632. The van der Waals surface area contributed by atoms with Crippen LogP contribution in [0.15, 0.2) is 24.3 Å². The lowest BCUT2D eigenvalue weighted by molar-refractivity contribution is -0.137. The van der Waals surface area contributed by atoms with Gasteiger partial charge in [-0.05, 0) is 24.1 Å². The first-order chi connectivity index (χ1) is 9.52. The molecule has 1 unspecified atom stereocenters. The first-order valence-electron chi connectivity index (χ1n) is 6.43. The molecule has 0 spiro atoms. The summed E-state index contributed by atoms with van der Waals surface area (Å²) in [5.74, 6) is -1.01. The van der Waals surface area contributed by atoms with Gasteiger partial charge in [0.05, 0.1) is 19.1 Å². The lowest BCUT2D eigenvalue weighted by Gasteiger charge is -2.17. The summed E-state index contributed by atoms with van der Waals surface area (Å²) in [5, 5.41) is 12.0. The van der Waals surface area contributed by atoms with Gasteiger partial charge in [-0.25, -0.2) is 4.79 Å². The minimum Gasteiger partial charge on any atom is -0.481 e. The van der Waals surface area contributed by atoms with E-state index < -0.39 is 18.1 Å². The molecule has 0 aliphatic carbocycles. The highest BCUT2D eigenvalue weighted by Crippen LogP contribution is 2.20. The predicted octanol–water partition coefficient (Wildman–Crippen LogP) is 3.38. The van der Waals surface area contributed by atoms with Crippen molar-refractivity contribution >= 4 is 23.7 Å². The Hall–Kier alpha value is -1.75. The molecule has 1 aromatic rings. The number of unbranched alkanes of at least 4 members (excludes halogenated alkanes) is 1. The van der Waals surface area contributed by atoms with Gasteiger partial charge in [-0.15, -0.1) is 0 Å². The molecule has 0 aromatic heterocycles. The molecular formula is C14H18ClNO4. The van der Waals surface area contributed by atoms with E-state index in [9.17, 15) is 9.59 Å². The predicted molar refractivity (Wildman–Crippen MR) is 75.8 cm³/mol. The largest absolute Gasteiger partial charge is 0.481 e. The maximum atomic E-state index is 11.6. The maximum absolute atomic E-state index is 11.6. The van der Waals surface area contributed by atoms with Crippen molar-refractivity contribution in [3.63, 3.8) is 0 Å². The van der Waals surface area contributed by atoms with Crippen LogP contribution in [-0.2, 0) is 9.53 Å². The van der Waals surface area contributed by atoms with Gasteiger partial charge in [0.2, 0.25) is 0 Å². The van der Waals surface area contributed by atoms with E-state index in [0.29, 0.717) is 17.2 Å². The quantitative estimate of drug-likeness (QED) is 0.757. The van der Waals surface area contributed by atoms with Crippen LogP contribution in [0, 0.1) is 0 Å². The Labute approximate surface area is 122 Å². The molecule has 0 bridgehead atoms. The van der Waals surface area contributed by atoms with Gasteiger partial charge in [0.25, 0.3) is 0 Å². The monoisotopic (exact) mass is 299 g/mol. The Kier molecular flexibility index (Phi) is 6.87. The molecule has 0 radical (unpaired) electrons. The SMILES string of the molecule is CCCCOC(=O)NC(CC(=O)O)c1cccc(Cl)c1. The maximum Gasteiger partial charge on any atom is 0.407 e. The number of rotatable bonds is 7. The van der Waals surface area contributed by atoms with Crippen molar-refractivity contribution in [2.45, 2.75) is 32.2 Å². The fourth-order valence-electron chi connectivity index (χ4n) is 1.64. The highest BCUT2D eigenvalue weighted by molar-refractivity contribution is 6.30. The average Bonchev–Trinajstić information content (AvgIpc) is 2.38. The van der Waals surface area contributed by atoms with E-state index in [2.05, 4.69) is 5.32 Å². The van der Waals surface area contributed by atoms with Crippen molar-refractivity contribution in [2.75, 3.05) is 6.61 Å². The molecule has 1 rings (SSSR count). The molecule has 20 heavy (non-hydrogen) atoms. The molecule has 1 aromatic carbocycles. The van der Waals surface area contributed by atoms with Crippen LogP contribution in [0.5, 0.6) is 0 Å². The lowest BCUT2D eigenvalue weighted by Crippen LogP contribution is -2.31. The van der Waals surface area contributed by atoms with Gasteiger partial charge in [0.15, 0.2) is 0 Å². The standard InChI is InChI=1S/C14H18ClNO4/c1-2-3-7-20-14(19)16-12(9-13(17)18)10-5-4-6-11(15)8-10/h4-6,8,12H,2-3,7,9H2,1H3,(H,16,19)(H,17,18). The van der Waals surface area contributed by atoms with Crippen LogP contribution in [0.2, 0.25) is 5.02 Å². The second-order valence-electron chi connectivity index (χ2n) is 4.34. The molecule has 110 valence electrons. The summed E-state index contributed by atoms with van der Waals surface area (Å²) >= 11 is 5.87. The summed E-state index contributed by atoms with van der Waals surface area (Å²) in [4.78, 5) is 22.5. The van der Waals surface area contributed by atoms with E-state index in [4.69, 9.17) is 21.4 Å². The molecule has 0 heterocycles. The third kappa shape index (κ3) is 5.93. The smallest absolute Gasteiger partial charge is 0.407 e. The summed E-state index contributed by atoms with van der Waals surface area (Å²) in [7, 11) is 0. The summed E-state index contributed by atoms with van der Waals surface area (Å²) in [6.45, 7) is 2.30. The second kappa shape index (κ2) is 8.43. The first-order valence-corrected chi connectivity index (χ1v) is 6.81. The molecule has 2 N–H and O–H groups in total. The first kappa shape index (κ1) is 16.3. The molecular weight excluding hydrogens is 282 g/mol. The van der Waals surface area contributed by atoms with Crippen LogP contribution in [-0.4, -0.2) is 23.8 Å². The van der Waals surface area contributed by atoms with Gasteiger partial charge in [0, 0.05) is 5.02 Å². The highest BCUT2D eigenvalue weighted by Gasteiger charge is 2.19. The Balaban J connectivity index is 2.69. The van der Waals surface area contributed by atoms with Crippen LogP contribution < -0.4 is 5.32 Å². The van der Waals surface area contributed by atoms with Crippen LogP contribution >= 0.6 is 11.6 Å². The number of hydrogen-bond donors (Lipinski definition) is 2. The van der Waals surface area contributed by atoms with Crippen molar-refractivity contribution < 1.29 is 19.4 Å². The fraction of sp³-hybridized carbons (Fsp3) is 0.429. The molecule has 0 aliphatic rings. The fourth-order valence-corrected chi connectivity index (χ4v) is 1.84. The minimum absolute atomic E-state index is 0.233. The van der Waals surface area contributed by atoms with E-state index in [1.807, 2.05) is 6.92 Å². The number of halogens is 1. The number of carboxylic acids is 1. The van der Waals surface area contributed by atoms with E-state index >= 15 is 0 Å². The molecule has 6 heteroatoms. The summed E-state index contributed by atoms with van der Waals surface area (Å²) in [6, 6.07) is 6.06. The number of ether oxygens (including phenoxy) is 1. The third-order valence-electron chi connectivity index (χ3n) is 2.65. The van der Waals surface area contributed by atoms with Crippen LogP contribution in [0.3, 0.4) is 0 Å². The van der Waals surface area contributed by atoms with Crippen LogP contribution in [0.4, 0.5) is 4.79 Å². The Morgan fingerprint density at radius 1 is 1.45 bits per heavy atom. The summed E-state index contributed by atoms with van der Waals surface area (Å²) < 4.78 is 4.97. The zero-order chi connectivity index (χ0) is 15.0. The molecule has 1 atom stereocenters. The second-order valence-corrected chi connectivity index (χ2v) is 4.78. The van der Waals surface area contributed by atoms with E-state index in [1.165, 1.54) is 0 Å². The minimum atomic E-state index is -1.01. The topological polar surface area (TPSA) is 75.6 Å². The van der Waals surface area contributed by atoms with Crippen molar-refractivity contribution in [3.8, 4) is 0 Å². The van der Waals surface area contributed by atoms with Crippen LogP contribution in [0.1, 0.15) is 37.8 Å². The Morgan fingerprint density at radius 2 is 2.20 bits per heavy atom. The zero-order valence-electron chi connectivity index (χ0n) is 11.3. The molecule has 0 saturated heterocycles. The number of alkyl carbamates (subject to hydrolysis) is 1. The number of benzene rings is 1. The van der Waals surface area contributed by atoms with Crippen molar-refractivity contribution in [3.05, 3.63) is 34.9 Å². The molecule has 0 saturated carbocycles. The number of amides is 1. The number of aliphatic carboxylic acids is 1. The van der Waals surface area contributed by atoms with E-state index in [1.54, 1.807) is 24.3 Å². The van der Waals surface area contributed by atoms with Gasteiger partial charge in [-0.3, -0.25) is 4.79 Å². The number of nitrogens with one attached hydrogen (secondary N) is 1. The highest BCUT2D eigenvalue weighted by atomic mass is 35.5. The Morgan fingerprint density at radius 3 is 2.80 bits per heavy atom.